The van der Waals surface area contributed by atoms with Crippen LogP contribution in [0.15, 0.2) is 18.2 Å². The van der Waals surface area contributed by atoms with E-state index in [0.29, 0.717) is 17.1 Å². The molecule has 16 heavy (non-hydrogen) atoms. The summed E-state index contributed by atoms with van der Waals surface area (Å²) < 4.78 is 10.0. The third-order valence-electron chi connectivity index (χ3n) is 2.16. The lowest BCUT2D eigenvalue weighted by Gasteiger charge is -2.15. The quantitative estimate of drug-likeness (QED) is 0.755. The molecular weight excluding hydrogens is 212 g/mol. The van der Waals surface area contributed by atoms with Crippen molar-refractivity contribution in [2.24, 2.45) is 0 Å². The van der Waals surface area contributed by atoms with E-state index in [1.165, 1.54) is 14.2 Å². The number of aliphatic hydroxyl groups excluding tert-OH is 1. The fourth-order valence-corrected chi connectivity index (χ4v) is 1.36. The van der Waals surface area contributed by atoms with Gasteiger partial charge in [0.2, 0.25) is 0 Å². The first kappa shape index (κ1) is 12.3. The second-order valence-electron chi connectivity index (χ2n) is 3.20. The topological polar surface area (TPSA) is 78.8 Å². The standard InChI is InChI=1S/C11H14O5/c1-15-7-3-4-8(10(5-7)16-2)9(12)6-11(13)14/h3-5,9,12H,6H2,1-2H3,(H,13,14)/p-1. The summed E-state index contributed by atoms with van der Waals surface area (Å²) in [5, 5.41) is 20.0. The van der Waals surface area contributed by atoms with Crippen LogP contribution in [0, 0.1) is 0 Å². The largest absolute Gasteiger partial charge is 0.550 e. The van der Waals surface area contributed by atoms with Gasteiger partial charge in [-0.05, 0) is 12.1 Å². The minimum absolute atomic E-state index is 0.383. The number of rotatable bonds is 5. The summed E-state index contributed by atoms with van der Waals surface area (Å²) in [4.78, 5) is 10.4. The minimum atomic E-state index is -1.31. The molecule has 1 rings (SSSR count). The summed E-state index contributed by atoms with van der Waals surface area (Å²) in [5.41, 5.74) is 0.396. The van der Waals surface area contributed by atoms with Crippen molar-refractivity contribution in [3.8, 4) is 11.5 Å². The molecule has 5 nitrogen and oxygen atoms in total. The van der Waals surface area contributed by atoms with Crippen molar-refractivity contribution in [2.75, 3.05) is 14.2 Å². The summed E-state index contributed by atoms with van der Waals surface area (Å²) in [6.45, 7) is 0. The molecule has 1 N–H and O–H groups in total. The van der Waals surface area contributed by atoms with Crippen molar-refractivity contribution < 1.29 is 24.5 Å². The summed E-state index contributed by atoms with van der Waals surface area (Å²) in [6, 6.07) is 4.76. The third-order valence-corrected chi connectivity index (χ3v) is 2.16. The van der Waals surface area contributed by atoms with Gasteiger partial charge in [-0.25, -0.2) is 0 Å². The molecule has 0 amide bonds. The lowest BCUT2D eigenvalue weighted by molar-refractivity contribution is -0.307. The van der Waals surface area contributed by atoms with Gasteiger partial charge in [0.05, 0.1) is 20.3 Å². The highest BCUT2D eigenvalue weighted by atomic mass is 16.5. The Labute approximate surface area is 93.2 Å². The molecule has 0 saturated heterocycles. The van der Waals surface area contributed by atoms with Gasteiger partial charge < -0.3 is 24.5 Å². The lowest BCUT2D eigenvalue weighted by Crippen LogP contribution is -2.24. The van der Waals surface area contributed by atoms with Crippen molar-refractivity contribution in [2.45, 2.75) is 12.5 Å². The molecule has 1 aromatic rings. The number of methoxy groups -OCH3 is 2. The molecule has 0 saturated carbocycles. The fraction of sp³-hybridized carbons (Fsp3) is 0.364. The van der Waals surface area contributed by atoms with Gasteiger partial charge in [-0.3, -0.25) is 0 Å². The second-order valence-corrected chi connectivity index (χ2v) is 3.20. The van der Waals surface area contributed by atoms with Crippen LogP contribution in [0.25, 0.3) is 0 Å². The Hall–Kier alpha value is -1.75. The van der Waals surface area contributed by atoms with E-state index < -0.39 is 18.5 Å². The maximum absolute atomic E-state index is 10.4. The molecule has 0 radical (unpaired) electrons. The highest BCUT2D eigenvalue weighted by molar-refractivity contribution is 5.65. The monoisotopic (exact) mass is 225 g/mol. The maximum Gasteiger partial charge on any atom is 0.128 e. The number of aliphatic carboxylic acids is 1. The summed E-state index contributed by atoms with van der Waals surface area (Å²) >= 11 is 0. The number of carboxylic acid groups (broad SMARTS) is 1. The van der Waals surface area contributed by atoms with Crippen molar-refractivity contribution in [3.05, 3.63) is 23.8 Å². The highest BCUT2D eigenvalue weighted by Crippen LogP contribution is 2.30. The average Bonchev–Trinajstić information content (AvgIpc) is 2.27. The van der Waals surface area contributed by atoms with E-state index in [2.05, 4.69) is 0 Å². The Morgan fingerprint density at radius 1 is 1.44 bits per heavy atom. The van der Waals surface area contributed by atoms with Gasteiger partial charge in [-0.2, -0.15) is 0 Å². The molecule has 88 valence electrons. The molecule has 0 fully saturated rings. The first-order chi connectivity index (χ1) is 7.58. The van der Waals surface area contributed by atoms with E-state index in [9.17, 15) is 15.0 Å². The van der Waals surface area contributed by atoms with Crippen molar-refractivity contribution in [3.63, 3.8) is 0 Å². The molecule has 0 aliphatic carbocycles. The molecule has 0 spiro atoms. The van der Waals surface area contributed by atoms with Crippen LogP contribution in [0.1, 0.15) is 18.1 Å². The molecular formula is C11H13O5-. The Morgan fingerprint density at radius 2 is 2.12 bits per heavy atom. The maximum atomic E-state index is 10.4. The predicted molar refractivity (Wildman–Crippen MR) is 54.1 cm³/mol. The van der Waals surface area contributed by atoms with Crippen LogP contribution in [-0.2, 0) is 4.79 Å². The van der Waals surface area contributed by atoms with Crippen molar-refractivity contribution >= 4 is 5.97 Å². The van der Waals surface area contributed by atoms with Gasteiger partial charge in [-0.15, -0.1) is 0 Å². The Bertz CT molecular complexity index is 375. The van der Waals surface area contributed by atoms with Gasteiger partial charge in [0.15, 0.2) is 0 Å². The summed E-state index contributed by atoms with van der Waals surface area (Å²) in [5.74, 6) is -0.361. The molecule has 0 aliphatic rings. The van der Waals surface area contributed by atoms with Gasteiger partial charge >= 0.3 is 0 Å². The smallest absolute Gasteiger partial charge is 0.128 e. The third kappa shape index (κ3) is 2.87. The summed E-state index contributed by atoms with van der Waals surface area (Å²) in [7, 11) is 2.94. The molecule has 0 bridgehead atoms. The molecule has 0 heterocycles. The first-order valence-electron chi connectivity index (χ1n) is 4.68. The zero-order valence-corrected chi connectivity index (χ0v) is 9.10. The zero-order valence-electron chi connectivity index (χ0n) is 9.10. The van der Waals surface area contributed by atoms with Crippen LogP contribution >= 0.6 is 0 Å². The van der Waals surface area contributed by atoms with Crippen LogP contribution in [0.2, 0.25) is 0 Å². The number of carbonyl (C=O) groups excluding carboxylic acids is 1. The SMILES string of the molecule is COc1ccc(C(O)CC(=O)[O-])c(OC)c1. The Kier molecular flexibility index (Phi) is 4.13. The second kappa shape index (κ2) is 5.37. The van der Waals surface area contributed by atoms with E-state index in [1.54, 1.807) is 18.2 Å². The fourth-order valence-electron chi connectivity index (χ4n) is 1.36. The number of carbonyl (C=O) groups is 1. The van der Waals surface area contributed by atoms with Gasteiger partial charge in [0.1, 0.15) is 11.5 Å². The van der Waals surface area contributed by atoms with Crippen LogP contribution < -0.4 is 14.6 Å². The first-order valence-corrected chi connectivity index (χ1v) is 4.68. The number of ether oxygens (including phenoxy) is 2. The number of hydrogen-bond donors (Lipinski definition) is 1. The van der Waals surface area contributed by atoms with Crippen LogP contribution in [-0.4, -0.2) is 25.3 Å². The van der Waals surface area contributed by atoms with Crippen molar-refractivity contribution in [1.82, 2.24) is 0 Å². The van der Waals surface area contributed by atoms with Crippen LogP contribution in [0.3, 0.4) is 0 Å². The van der Waals surface area contributed by atoms with Gasteiger partial charge in [0, 0.05) is 24.0 Å². The number of aliphatic hydroxyl groups is 1. The van der Waals surface area contributed by atoms with Crippen LogP contribution in [0.5, 0.6) is 11.5 Å². The number of hydrogen-bond acceptors (Lipinski definition) is 5. The van der Waals surface area contributed by atoms with E-state index in [1.807, 2.05) is 0 Å². The molecule has 5 heteroatoms. The summed E-state index contributed by atoms with van der Waals surface area (Å²) in [6.07, 6.45) is -1.62. The highest BCUT2D eigenvalue weighted by Gasteiger charge is 2.14. The Balaban J connectivity index is 2.98. The number of benzene rings is 1. The van der Waals surface area contributed by atoms with Gasteiger partial charge in [0.25, 0.3) is 0 Å². The Morgan fingerprint density at radius 3 is 2.62 bits per heavy atom. The average molecular weight is 225 g/mol. The molecule has 0 aromatic heterocycles. The lowest BCUT2D eigenvalue weighted by atomic mass is 10.1. The normalized spacial score (nSPS) is 11.9. The predicted octanol–water partition coefficient (Wildman–Crippen LogP) is -0.123. The van der Waals surface area contributed by atoms with Crippen LogP contribution in [0.4, 0.5) is 0 Å². The molecule has 1 unspecified atom stereocenters. The van der Waals surface area contributed by atoms with Gasteiger partial charge in [-0.1, -0.05) is 0 Å². The molecule has 1 atom stereocenters. The molecule has 0 aliphatic heterocycles. The minimum Gasteiger partial charge on any atom is -0.550 e. The van der Waals surface area contributed by atoms with E-state index in [4.69, 9.17) is 9.47 Å². The van der Waals surface area contributed by atoms with E-state index >= 15 is 0 Å². The number of carboxylic acids is 1. The van der Waals surface area contributed by atoms with E-state index in [-0.39, 0.29) is 0 Å². The zero-order chi connectivity index (χ0) is 12.1. The van der Waals surface area contributed by atoms with Crippen molar-refractivity contribution in [1.29, 1.82) is 0 Å². The van der Waals surface area contributed by atoms with E-state index in [0.717, 1.165) is 0 Å². The molecule has 1 aromatic carbocycles.